The number of rotatable bonds is 3. The van der Waals surface area contributed by atoms with Gasteiger partial charge in [0.25, 0.3) is 0 Å². The molecule has 156 valence electrons. The van der Waals surface area contributed by atoms with Crippen LogP contribution in [-0.2, 0) is 4.74 Å². The molecule has 1 aliphatic rings. The maximum absolute atomic E-state index is 13.4. The first kappa shape index (κ1) is 20.6. The van der Waals surface area contributed by atoms with Crippen LogP contribution in [-0.4, -0.2) is 38.8 Å². The number of thioether (sulfide) groups is 1. The Balaban J connectivity index is 1.66. The van der Waals surface area contributed by atoms with Crippen molar-refractivity contribution in [2.45, 2.75) is 44.7 Å². The van der Waals surface area contributed by atoms with Crippen molar-refractivity contribution in [2.75, 3.05) is 5.75 Å². The van der Waals surface area contributed by atoms with Gasteiger partial charge < -0.3 is 4.74 Å². The van der Waals surface area contributed by atoms with E-state index >= 15 is 0 Å². The minimum absolute atomic E-state index is 0.0223. The van der Waals surface area contributed by atoms with Gasteiger partial charge in [-0.1, -0.05) is 18.2 Å². The highest BCUT2D eigenvalue weighted by Gasteiger charge is 2.33. The molecular formula is C23H25N3O3S. The molecule has 6 nitrogen and oxygen atoms in total. The van der Waals surface area contributed by atoms with E-state index in [1.54, 1.807) is 24.2 Å². The predicted molar refractivity (Wildman–Crippen MR) is 119 cm³/mol. The molecule has 1 unspecified atom stereocenters. The van der Waals surface area contributed by atoms with Gasteiger partial charge >= 0.3 is 6.09 Å². The molecule has 0 aliphatic carbocycles. The van der Waals surface area contributed by atoms with Crippen molar-refractivity contribution >= 4 is 34.5 Å². The molecule has 0 saturated carbocycles. The first-order chi connectivity index (χ1) is 14.2. The monoisotopic (exact) mass is 423 g/mol. The minimum Gasteiger partial charge on any atom is -0.443 e. The lowest BCUT2D eigenvalue weighted by molar-refractivity contribution is 0.0544. The van der Waals surface area contributed by atoms with Gasteiger partial charge in [-0.2, -0.15) is 0 Å². The molecule has 3 heterocycles. The number of ketones is 1. The molecule has 0 bridgehead atoms. The lowest BCUT2D eigenvalue weighted by Crippen LogP contribution is -2.34. The number of aromatic nitrogens is 2. The normalized spacial score (nSPS) is 19.2. The molecular weight excluding hydrogens is 398 g/mol. The van der Waals surface area contributed by atoms with E-state index in [0.29, 0.717) is 16.8 Å². The Morgan fingerprint density at radius 1 is 1.27 bits per heavy atom. The number of carbonyl (C=O) groups is 2. The van der Waals surface area contributed by atoms with Gasteiger partial charge in [0.2, 0.25) is 0 Å². The third-order valence-corrected chi connectivity index (χ3v) is 6.17. The van der Waals surface area contributed by atoms with E-state index in [-0.39, 0.29) is 17.2 Å². The third kappa shape index (κ3) is 4.13. The Morgan fingerprint density at radius 3 is 2.77 bits per heavy atom. The number of Topliss-reactive ketones (excluding diaryl/α,β-unsaturated/α-hetero) is 1. The van der Waals surface area contributed by atoms with E-state index in [4.69, 9.17) is 4.74 Å². The summed E-state index contributed by atoms with van der Waals surface area (Å²) in [5, 5.41) is 4.19. The van der Waals surface area contributed by atoms with Gasteiger partial charge in [-0.05, 0) is 51.0 Å². The number of nitrogens with zero attached hydrogens (tertiary/aromatic N) is 2. The molecule has 0 radical (unpaired) electrons. The second-order valence-corrected chi connectivity index (χ2v) is 9.64. The van der Waals surface area contributed by atoms with E-state index < -0.39 is 11.7 Å². The molecule has 30 heavy (non-hydrogen) atoms. The zero-order valence-corrected chi connectivity index (χ0v) is 18.3. The summed E-state index contributed by atoms with van der Waals surface area (Å²) < 4.78 is 7.00. The summed E-state index contributed by atoms with van der Waals surface area (Å²) in [5.41, 5.74) is 2.64. The number of hydrogen-bond acceptors (Lipinski definition) is 6. The molecule has 0 amide bonds. The number of aryl methyl sites for hydroxylation is 1. The van der Waals surface area contributed by atoms with Crippen LogP contribution in [0, 0.1) is 6.92 Å². The van der Waals surface area contributed by atoms with Crippen molar-refractivity contribution in [3.63, 3.8) is 0 Å². The van der Waals surface area contributed by atoms with E-state index in [1.165, 1.54) is 4.57 Å². The number of fused-ring (bicyclic) bond motifs is 1. The van der Waals surface area contributed by atoms with E-state index in [1.807, 2.05) is 64.2 Å². The Labute approximate surface area is 180 Å². The molecule has 7 heteroatoms. The van der Waals surface area contributed by atoms with Crippen molar-refractivity contribution < 1.29 is 14.3 Å². The van der Waals surface area contributed by atoms with Crippen LogP contribution in [0.4, 0.5) is 4.79 Å². The first-order valence-electron chi connectivity index (χ1n) is 9.90. The summed E-state index contributed by atoms with van der Waals surface area (Å²) in [6.07, 6.45) is 4.68. The second kappa shape index (κ2) is 7.89. The van der Waals surface area contributed by atoms with E-state index in [9.17, 15) is 9.59 Å². The van der Waals surface area contributed by atoms with Crippen LogP contribution in [0.15, 0.2) is 48.9 Å². The molecule has 1 aliphatic heterocycles. The number of pyridine rings is 1. The Bertz CT molecular complexity index is 1100. The highest BCUT2D eigenvalue weighted by Crippen LogP contribution is 2.34. The highest BCUT2D eigenvalue weighted by molar-refractivity contribution is 7.99. The molecule has 1 N–H and O–H groups in total. The largest absolute Gasteiger partial charge is 0.443 e. The smallest absolute Gasteiger partial charge is 0.419 e. The summed E-state index contributed by atoms with van der Waals surface area (Å²) in [4.78, 5) is 30.3. The van der Waals surface area contributed by atoms with Gasteiger partial charge in [0.1, 0.15) is 5.60 Å². The molecule has 0 spiro atoms. The zero-order valence-electron chi connectivity index (χ0n) is 17.5. The van der Waals surface area contributed by atoms with Crippen LogP contribution in [0.2, 0.25) is 0 Å². The average molecular weight is 424 g/mol. The quantitative estimate of drug-likeness (QED) is 0.615. The van der Waals surface area contributed by atoms with Crippen LogP contribution in [0.25, 0.3) is 10.9 Å². The Hall–Kier alpha value is -2.64. The van der Waals surface area contributed by atoms with Gasteiger partial charge in [0, 0.05) is 35.3 Å². The minimum atomic E-state index is -0.623. The number of benzene rings is 1. The van der Waals surface area contributed by atoms with Crippen LogP contribution >= 0.6 is 11.8 Å². The molecule has 1 aromatic carbocycles. The van der Waals surface area contributed by atoms with Crippen molar-refractivity contribution in [3.8, 4) is 0 Å². The maximum Gasteiger partial charge on any atom is 0.419 e. The molecule has 1 fully saturated rings. The van der Waals surface area contributed by atoms with Gasteiger partial charge in [-0.3, -0.25) is 19.7 Å². The lowest BCUT2D eigenvalue weighted by Gasteiger charge is -2.19. The highest BCUT2D eigenvalue weighted by atomic mass is 32.2. The topological polar surface area (TPSA) is 73.2 Å². The summed E-state index contributed by atoms with van der Waals surface area (Å²) in [6, 6.07) is 9.32. The van der Waals surface area contributed by atoms with Crippen molar-refractivity contribution in [2.24, 2.45) is 0 Å². The molecule has 4 rings (SSSR count). The van der Waals surface area contributed by atoms with Gasteiger partial charge in [-0.25, -0.2) is 4.79 Å². The number of carbonyl (C=O) groups excluding carboxylic acids is 2. The Morgan fingerprint density at radius 2 is 2.07 bits per heavy atom. The summed E-state index contributed by atoms with van der Waals surface area (Å²) in [5.74, 6) is 0.633. The molecule has 2 atom stereocenters. The van der Waals surface area contributed by atoms with Crippen LogP contribution in [0.1, 0.15) is 47.6 Å². The fourth-order valence-corrected chi connectivity index (χ4v) is 4.75. The lowest BCUT2D eigenvalue weighted by atomic mass is 10.0. The maximum atomic E-state index is 13.4. The SMILES string of the molecule is Cc1ccc2c(C(=O)[C@@H]3CSC(c4cccnc4)N3)cn(C(=O)OC(C)(C)C)c2c1. The number of hydrogen-bond donors (Lipinski definition) is 1. The third-order valence-electron chi connectivity index (χ3n) is 4.90. The van der Waals surface area contributed by atoms with Crippen molar-refractivity contribution in [3.05, 3.63) is 65.6 Å². The van der Waals surface area contributed by atoms with E-state index in [2.05, 4.69) is 10.3 Å². The fourth-order valence-electron chi connectivity index (χ4n) is 3.53. The summed E-state index contributed by atoms with van der Waals surface area (Å²) in [7, 11) is 0. The number of ether oxygens (including phenoxy) is 1. The molecule has 3 aromatic rings. The molecule has 1 saturated heterocycles. The van der Waals surface area contributed by atoms with Gasteiger partial charge in [0.15, 0.2) is 5.78 Å². The number of nitrogens with one attached hydrogen (secondary N) is 1. The van der Waals surface area contributed by atoms with Crippen LogP contribution in [0.5, 0.6) is 0 Å². The fraction of sp³-hybridized carbons (Fsp3) is 0.348. The second-order valence-electron chi connectivity index (χ2n) is 8.50. The standard InChI is InChI=1S/C23H25N3O3S/c1-14-7-8-16-17(12-26(19(16)10-14)22(28)29-23(2,3)4)20(27)18-13-30-21(25-18)15-6-5-9-24-11-15/h5-12,18,21,25H,13H2,1-4H3/t18-,21?/m0/s1. The predicted octanol–water partition coefficient (Wildman–Crippen LogP) is 4.71. The molecule has 2 aromatic heterocycles. The van der Waals surface area contributed by atoms with Gasteiger partial charge in [-0.15, -0.1) is 11.8 Å². The van der Waals surface area contributed by atoms with Gasteiger partial charge in [0.05, 0.1) is 16.9 Å². The van der Waals surface area contributed by atoms with Crippen LogP contribution in [0.3, 0.4) is 0 Å². The first-order valence-corrected chi connectivity index (χ1v) is 10.9. The average Bonchev–Trinajstić information content (AvgIpc) is 3.32. The summed E-state index contributed by atoms with van der Waals surface area (Å²) in [6.45, 7) is 7.44. The van der Waals surface area contributed by atoms with Crippen molar-refractivity contribution in [1.82, 2.24) is 14.9 Å². The van der Waals surface area contributed by atoms with Crippen LogP contribution < -0.4 is 5.32 Å². The summed E-state index contributed by atoms with van der Waals surface area (Å²) >= 11 is 1.69. The Kier molecular flexibility index (Phi) is 5.42. The van der Waals surface area contributed by atoms with Crippen molar-refractivity contribution in [1.29, 1.82) is 0 Å². The van der Waals surface area contributed by atoms with E-state index in [0.717, 1.165) is 16.5 Å². The zero-order chi connectivity index (χ0) is 21.5.